The van der Waals surface area contributed by atoms with Gasteiger partial charge in [0.05, 0.1) is 11.0 Å². The van der Waals surface area contributed by atoms with E-state index in [4.69, 9.17) is 15.0 Å². The van der Waals surface area contributed by atoms with Gasteiger partial charge in [0.15, 0.2) is 17.5 Å². The van der Waals surface area contributed by atoms with Crippen LogP contribution in [0.2, 0.25) is 0 Å². The number of hydrogen-bond donors (Lipinski definition) is 0. The van der Waals surface area contributed by atoms with Crippen LogP contribution in [0.4, 0.5) is 0 Å². The van der Waals surface area contributed by atoms with E-state index in [0.717, 1.165) is 40.8 Å². The fraction of sp³-hybridized carbons (Fsp3) is 0.0392. The van der Waals surface area contributed by atoms with Gasteiger partial charge in [0.25, 0.3) is 0 Å². The molecule has 55 heavy (non-hydrogen) atoms. The van der Waals surface area contributed by atoms with Crippen molar-refractivity contribution in [2.75, 3.05) is 0 Å². The Balaban J connectivity index is 1.19. The lowest BCUT2D eigenvalue weighted by Crippen LogP contribution is -2.00. The van der Waals surface area contributed by atoms with Gasteiger partial charge in [0.2, 0.25) is 0 Å². The predicted octanol–water partition coefficient (Wildman–Crippen LogP) is 13.0. The Morgan fingerprint density at radius 2 is 0.927 bits per heavy atom. The second kappa shape index (κ2) is 14.0. The van der Waals surface area contributed by atoms with E-state index in [1.807, 2.05) is 60.7 Å². The highest BCUT2D eigenvalue weighted by molar-refractivity contribution is 6.17. The van der Waals surface area contributed by atoms with E-state index in [0.29, 0.717) is 17.5 Å². The number of rotatable bonds is 7. The summed E-state index contributed by atoms with van der Waals surface area (Å²) < 4.78 is 2.43. The molecule has 7 aromatic carbocycles. The number of para-hydroxylation sites is 1. The van der Waals surface area contributed by atoms with Gasteiger partial charge in [-0.15, -0.1) is 0 Å². The van der Waals surface area contributed by atoms with Crippen LogP contribution < -0.4 is 0 Å². The monoisotopic (exact) mass is 704 g/mol. The number of benzene rings is 7. The van der Waals surface area contributed by atoms with Crippen LogP contribution in [-0.2, 0) is 0 Å². The van der Waals surface area contributed by atoms with Gasteiger partial charge in [-0.2, -0.15) is 0 Å². The zero-order chi connectivity index (χ0) is 36.6. The second-order valence-electron chi connectivity index (χ2n) is 13.9. The minimum atomic E-state index is 0.642. The summed E-state index contributed by atoms with van der Waals surface area (Å²) in [5, 5.41) is 2.45. The van der Waals surface area contributed by atoms with E-state index in [2.05, 4.69) is 138 Å². The third kappa shape index (κ3) is 6.14. The lowest BCUT2D eigenvalue weighted by molar-refractivity contribution is 1.04. The van der Waals surface area contributed by atoms with Crippen LogP contribution in [0.3, 0.4) is 0 Å². The molecule has 4 heteroatoms. The second-order valence-corrected chi connectivity index (χ2v) is 13.9. The summed E-state index contributed by atoms with van der Waals surface area (Å²) in [6, 6.07) is 62.0. The lowest BCUT2D eigenvalue weighted by atomic mass is 9.91. The molecule has 0 atom stereocenters. The molecule has 0 aliphatic heterocycles. The Morgan fingerprint density at radius 3 is 1.51 bits per heavy atom. The summed E-state index contributed by atoms with van der Waals surface area (Å²) in [6.07, 6.45) is 9.04. The molecule has 0 spiro atoms. The van der Waals surface area contributed by atoms with Crippen molar-refractivity contribution in [2.24, 2.45) is 0 Å². The molecule has 0 unspecified atom stereocenters. The Kier molecular flexibility index (Phi) is 8.27. The summed E-state index contributed by atoms with van der Waals surface area (Å²) in [5.74, 6) is 1.95. The van der Waals surface area contributed by atoms with Gasteiger partial charge in [0.1, 0.15) is 0 Å². The Bertz CT molecular complexity index is 2820. The molecule has 4 nitrogen and oxygen atoms in total. The van der Waals surface area contributed by atoms with E-state index >= 15 is 0 Å². The van der Waals surface area contributed by atoms with Crippen LogP contribution in [0, 0.1) is 0 Å². The average molecular weight is 705 g/mol. The molecule has 260 valence electrons. The third-order valence-corrected chi connectivity index (χ3v) is 10.5. The quantitative estimate of drug-likeness (QED) is 0.166. The molecule has 2 aromatic heterocycles. The van der Waals surface area contributed by atoms with Crippen LogP contribution in [0.5, 0.6) is 0 Å². The van der Waals surface area contributed by atoms with Crippen molar-refractivity contribution in [3.05, 3.63) is 200 Å². The van der Waals surface area contributed by atoms with Crippen molar-refractivity contribution < 1.29 is 0 Å². The largest absolute Gasteiger partial charge is 0.309 e. The highest BCUT2D eigenvalue weighted by atomic mass is 15.0. The maximum absolute atomic E-state index is 5.00. The van der Waals surface area contributed by atoms with Crippen molar-refractivity contribution in [2.45, 2.75) is 12.8 Å². The SMILES string of the molecule is C1=CC(c2cc(-c3ccc(-c4nc(-c5ccccc5)nc(-c5ccccc5)n4)cc3)c3c4cc(-c5ccccc5)ccc4n(-c4ccccc4)c3c2)=CCC1. The molecular formula is C51H36N4. The van der Waals surface area contributed by atoms with Gasteiger partial charge >= 0.3 is 0 Å². The summed E-state index contributed by atoms with van der Waals surface area (Å²) in [4.78, 5) is 14.9. The predicted molar refractivity (Wildman–Crippen MR) is 228 cm³/mol. The van der Waals surface area contributed by atoms with Gasteiger partial charge in [-0.1, -0.05) is 158 Å². The van der Waals surface area contributed by atoms with E-state index in [-0.39, 0.29) is 0 Å². The van der Waals surface area contributed by atoms with Crippen LogP contribution in [-0.4, -0.2) is 19.5 Å². The summed E-state index contributed by atoms with van der Waals surface area (Å²) in [7, 11) is 0. The molecule has 9 aromatic rings. The molecule has 10 rings (SSSR count). The van der Waals surface area contributed by atoms with Crippen LogP contribution in [0.1, 0.15) is 18.4 Å². The van der Waals surface area contributed by atoms with Crippen molar-refractivity contribution in [1.29, 1.82) is 0 Å². The zero-order valence-electron chi connectivity index (χ0n) is 30.2. The van der Waals surface area contributed by atoms with Gasteiger partial charge in [-0.25, -0.2) is 15.0 Å². The fourth-order valence-corrected chi connectivity index (χ4v) is 7.77. The van der Waals surface area contributed by atoms with E-state index in [9.17, 15) is 0 Å². The highest BCUT2D eigenvalue weighted by Crippen LogP contribution is 2.43. The molecule has 0 amide bonds. The molecule has 0 saturated heterocycles. The number of aromatic nitrogens is 4. The summed E-state index contributed by atoms with van der Waals surface area (Å²) in [6.45, 7) is 0. The Labute approximate surface area is 320 Å². The first kappa shape index (κ1) is 32.5. The minimum Gasteiger partial charge on any atom is -0.309 e. The first-order valence-corrected chi connectivity index (χ1v) is 18.8. The molecule has 0 saturated carbocycles. The van der Waals surface area contributed by atoms with Crippen LogP contribution >= 0.6 is 0 Å². The van der Waals surface area contributed by atoms with E-state index < -0.39 is 0 Å². The van der Waals surface area contributed by atoms with E-state index in [1.54, 1.807) is 0 Å². The molecule has 0 N–H and O–H groups in total. The van der Waals surface area contributed by atoms with Gasteiger partial charge < -0.3 is 4.57 Å². The molecule has 1 aliphatic carbocycles. The molecular weight excluding hydrogens is 669 g/mol. The maximum atomic E-state index is 5.00. The number of hydrogen-bond acceptors (Lipinski definition) is 3. The van der Waals surface area contributed by atoms with Crippen molar-refractivity contribution >= 4 is 27.4 Å². The minimum absolute atomic E-state index is 0.642. The van der Waals surface area contributed by atoms with Gasteiger partial charge in [-0.3, -0.25) is 0 Å². The van der Waals surface area contributed by atoms with Gasteiger partial charge in [-0.05, 0) is 82.6 Å². The first-order valence-electron chi connectivity index (χ1n) is 18.8. The van der Waals surface area contributed by atoms with Crippen molar-refractivity contribution in [1.82, 2.24) is 19.5 Å². The molecule has 1 aliphatic rings. The Morgan fingerprint density at radius 1 is 0.400 bits per heavy atom. The highest BCUT2D eigenvalue weighted by Gasteiger charge is 2.20. The average Bonchev–Trinajstić information content (AvgIpc) is 3.61. The van der Waals surface area contributed by atoms with E-state index in [1.165, 1.54) is 49.6 Å². The molecule has 0 bridgehead atoms. The number of nitrogens with zero attached hydrogens (tertiary/aromatic N) is 4. The smallest absolute Gasteiger partial charge is 0.164 e. The first-order chi connectivity index (χ1) is 27.3. The molecule has 0 fully saturated rings. The molecule has 0 radical (unpaired) electrons. The Hall–Kier alpha value is -7.17. The van der Waals surface area contributed by atoms with Crippen LogP contribution in [0.15, 0.2) is 194 Å². The normalized spacial score (nSPS) is 12.6. The fourth-order valence-electron chi connectivity index (χ4n) is 7.77. The topological polar surface area (TPSA) is 43.6 Å². The number of fused-ring (bicyclic) bond motifs is 3. The zero-order valence-corrected chi connectivity index (χ0v) is 30.2. The summed E-state index contributed by atoms with van der Waals surface area (Å²) in [5.41, 5.74) is 13.5. The third-order valence-electron chi connectivity index (χ3n) is 10.5. The van der Waals surface area contributed by atoms with Gasteiger partial charge in [0, 0.05) is 33.2 Å². The lowest BCUT2D eigenvalue weighted by Gasteiger charge is -2.14. The number of allylic oxidation sites excluding steroid dienone is 4. The summed E-state index contributed by atoms with van der Waals surface area (Å²) >= 11 is 0. The van der Waals surface area contributed by atoms with Crippen molar-refractivity contribution in [3.8, 4) is 62.1 Å². The molecule has 2 heterocycles. The maximum Gasteiger partial charge on any atom is 0.164 e. The standard InChI is InChI=1S/C51H36N4/c1-6-16-35(17-7-1)41-30-31-46-45(32-41)48-44(33-42(36-18-8-2-9-19-36)34-47(48)55(46)43-24-14-5-15-25-43)37-26-28-40(29-27-37)51-53-49(38-20-10-3-11-21-38)52-50(54-51)39-22-12-4-13-23-39/h1,3-8,10-34H,2,9H2. The van der Waals surface area contributed by atoms with Crippen molar-refractivity contribution in [3.63, 3.8) is 0 Å². The van der Waals surface area contributed by atoms with Crippen LogP contribution in [0.25, 0.3) is 89.5 Å².